The van der Waals surface area contributed by atoms with Gasteiger partial charge < -0.3 is 0 Å². The maximum Gasteiger partial charge on any atom is 0.166 e. The van der Waals surface area contributed by atoms with E-state index in [1.807, 2.05) is 35.2 Å². The molecule has 1 heterocycles. The van der Waals surface area contributed by atoms with Gasteiger partial charge in [0.2, 0.25) is 0 Å². The molecule has 3 heteroatoms. The number of carbonyl (C=O) groups excluding carboxylic acids is 1. The number of hydrogen-bond acceptors (Lipinski definition) is 3. The lowest BCUT2D eigenvalue weighted by Crippen LogP contribution is -2.12. The highest BCUT2D eigenvalue weighted by Gasteiger charge is 2.30. The Kier molecular flexibility index (Phi) is 2.33. The molecule has 80 valence electrons. The number of ketones is 1. The summed E-state index contributed by atoms with van der Waals surface area (Å²) in [7, 11) is 0. The largest absolute Gasteiger partial charge is 0.294 e. The molecule has 2 nitrogen and oxygen atoms in total. The maximum atomic E-state index is 12.1. The van der Waals surface area contributed by atoms with Crippen LogP contribution in [-0.2, 0) is 12.8 Å². The Hall–Kier alpha value is -1.48. The minimum absolute atomic E-state index is 0.0968. The van der Waals surface area contributed by atoms with Gasteiger partial charge in [-0.1, -0.05) is 24.3 Å². The Morgan fingerprint density at radius 3 is 3.00 bits per heavy atom. The van der Waals surface area contributed by atoms with Gasteiger partial charge in [0.25, 0.3) is 0 Å². The predicted molar refractivity (Wildman–Crippen MR) is 63.8 cm³/mol. The van der Waals surface area contributed by atoms with Crippen molar-refractivity contribution in [3.8, 4) is 0 Å². The molecule has 16 heavy (non-hydrogen) atoms. The summed E-state index contributed by atoms with van der Waals surface area (Å²) in [5, 5.41) is 2.02. The molecule has 0 amide bonds. The molecule has 1 aliphatic rings. The summed E-state index contributed by atoms with van der Waals surface area (Å²) in [5.74, 6) is 0.378. The van der Waals surface area contributed by atoms with Gasteiger partial charge >= 0.3 is 0 Å². The van der Waals surface area contributed by atoms with Crippen molar-refractivity contribution >= 4 is 17.1 Å². The molecule has 1 atom stereocenters. The normalized spacial score (nSPS) is 18.8. The van der Waals surface area contributed by atoms with Crippen LogP contribution in [0.1, 0.15) is 21.6 Å². The van der Waals surface area contributed by atoms with Crippen LogP contribution in [0.2, 0.25) is 0 Å². The van der Waals surface area contributed by atoms with Crippen molar-refractivity contribution in [1.82, 2.24) is 4.98 Å². The molecule has 0 spiro atoms. The molecule has 2 aromatic rings. The van der Waals surface area contributed by atoms with Crippen LogP contribution >= 0.6 is 11.3 Å². The molecule has 1 aromatic carbocycles. The number of fused-ring (bicyclic) bond motifs is 1. The monoisotopic (exact) mass is 229 g/mol. The van der Waals surface area contributed by atoms with Gasteiger partial charge in [0.05, 0.1) is 11.2 Å². The molecule has 1 aromatic heterocycles. The maximum absolute atomic E-state index is 12.1. The summed E-state index contributed by atoms with van der Waals surface area (Å²) in [4.78, 5) is 16.3. The van der Waals surface area contributed by atoms with E-state index < -0.39 is 0 Å². The predicted octanol–water partition coefficient (Wildman–Crippen LogP) is 2.74. The van der Waals surface area contributed by atoms with Gasteiger partial charge in [-0.3, -0.25) is 4.79 Å². The van der Waals surface area contributed by atoms with Gasteiger partial charge in [0.15, 0.2) is 5.78 Å². The second kappa shape index (κ2) is 3.83. The Morgan fingerprint density at radius 2 is 2.25 bits per heavy atom. The van der Waals surface area contributed by atoms with Crippen LogP contribution in [0.25, 0.3) is 0 Å². The summed E-state index contributed by atoms with van der Waals surface area (Å²) in [5.41, 5.74) is 4.95. The Morgan fingerprint density at radius 1 is 1.38 bits per heavy atom. The third kappa shape index (κ3) is 1.57. The lowest BCUT2D eigenvalue weighted by molar-refractivity contribution is 0.0935. The van der Waals surface area contributed by atoms with Crippen LogP contribution in [0.5, 0.6) is 0 Å². The Balaban J connectivity index is 1.85. The number of rotatable bonds is 2. The topological polar surface area (TPSA) is 30.0 Å². The van der Waals surface area contributed by atoms with Crippen LogP contribution in [0, 0.1) is 5.92 Å². The van der Waals surface area contributed by atoms with Crippen molar-refractivity contribution in [3.05, 3.63) is 52.0 Å². The van der Waals surface area contributed by atoms with E-state index in [4.69, 9.17) is 0 Å². The lowest BCUT2D eigenvalue weighted by atomic mass is 10.00. The number of Topliss-reactive ketones (excluding diaryl/α,β-unsaturated/α-hetero) is 1. The Labute approximate surface area is 98.0 Å². The molecule has 0 aliphatic heterocycles. The fourth-order valence-electron chi connectivity index (χ4n) is 2.27. The SMILES string of the molecule is O=C1c2ccccc2CC1Cc1cscn1. The number of carbonyl (C=O) groups is 1. The highest BCUT2D eigenvalue weighted by molar-refractivity contribution is 7.07. The first kappa shape index (κ1) is 9.73. The number of benzene rings is 1. The molecule has 1 aliphatic carbocycles. The highest BCUT2D eigenvalue weighted by atomic mass is 32.1. The average Bonchev–Trinajstić information content (AvgIpc) is 2.90. The van der Waals surface area contributed by atoms with Crippen molar-refractivity contribution in [2.45, 2.75) is 12.8 Å². The summed E-state index contributed by atoms with van der Waals surface area (Å²) in [6, 6.07) is 7.91. The van der Waals surface area contributed by atoms with Gasteiger partial charge in [-0.15, -0.1) is 11.3 Å². The smallest absolute Gasteiger partial charge is 0.166 e. The van der Waals surface area contributed by atoms with E-state index in [9.17, 15) is 4.79 Å². The molecule has 3 rings (SSSR count). The van der Waals surface area contributed by atoms with Gasteiger partial charge in [-0.25, -0.2) is 4.98 Å². The molecule has 1 unspecified atom stereocenters. The van der Waals surface area contributed by atoms with Gasteiger partial charge in [-0.2, -0.15) is 0 Å². The minimum atomic E-state index is 0.0968. The quantitative estimate of drug-likeness (QED) is 0.792. The van der Waals surface area contributed by atoms with E-state index in [0.717, 1.165) is 24.1 Å². The number of aromatic nitrogens is 1. The molecule has 0 N–H and O–H groups in total. The third-order valence-corrected chi connectivity index (χ3v) is 3.69. The van der Waals surface area contributed by atoms with E-state index in [1.54, 1.807) is 11.3 Å². The van der Waals surface area contributed by atoms with E-state index in [2.05, 4.69) is 4.98 Å². The lowest BCUT2D eigenvalue weighted by Gasteiger charge is -2.04. The zero-order valence-corrected chi connectivity index (χ0v) is 9.54. The standard InChI is InChI=1S/C13H11NOS/c15-13-10(6-11-7-16-8-14-11)5-9-3-1-2-4-12(9)13/h1-4,7-8,10H,5-6H2. The van der Waals surface area contributed by atoms with Crippen LogP contribution < -0.4 is 0 Å². The first-order valence-electron chi connectivity index (χ1n) is 5.34. The second-order valence-electron chi connectivity index (χ2n) is 4.11. The van der Waals surface area contributed by atoms with Crippen molar-refractivity contribution in [2.24, 2.45) is 5.92 Å². The number of nitrogens with zero attached hydrogens (tertiary/aromatic N) is 1. The number of thiazole rings is 1. The molecular formula is C13H11NOS. The second-order valence-corrected chi connectivity index (χ2v) is 4.83. The van der Waals surface area contributed by atoms with Crippen LogP contribution in [0.3, 0.4) is 0 Å². The fourth-order valence-corrected chi connectivity index (χ4v) is 2.84. The van der Waals surface area contributed by atoms with Crippen LogP contribution in [0.15, 0.2) is 35.2 Å². The molecule has 0 radical (unpaired) electrons. The van der Waals surface area contributed by atoms with Crippen molar-refractivity contribution < 1.29 is 4.79 Å². The first-order valence-corrected chi connectivity index (χ1v) is 6.28. The zero-order valence-electron chi connectivity index (χ0n) is 8.72. The van der Waals surface area contributed by atoms with E-state index >= 15 is 0 Å². The van der Waals surface area contributed by atoms with Gasteiger partial charge in [0, 0.05) is 23.3 Å². The zero-order chi connectivity index (χ0) is 11.0. The summed E-state index contributed by atoms with van der Waals surface area (Å²) in [6.07, 6.45) is 1.64. The molecule has 0 saturated heterocycles. The van der Waals surface area contributed by atoms with Gasteiger partial charge in [-0.05, 0) is 12.0 Å². The van der Waals surface area contributed by atoms with E-state index in [-0.39, 0.29) is 11.7 Å². The molecule has 0 saturated carbocycles. The van der Waals surface area contributed by atoms with Crippen LogP contribution in [0.4, 0.5) is 0 Å². The Bertz CT molecular complexity index is 516. The van der Waals surface area contributed by atoms with Gasteiger partial charge in [0.1, 0.15) is 0 Å². The van der Waals surface area contributed by atoms with Crippen molar-refractivity contribution in [3.63, 3.8) is 0 Å². The van der Waals surface area contributed by atoms with Crippen LogP contribution in [-0.4, -0.2) is 10.8 Å². The third-order valence-electron chi connectivity index (χ3n) is 3.06. The van der Waals surface area contributed by atoms with E-state index in [1.165, 1.54) is 5.56 Å². The van der Waals surface area contributed by atoms with Crippen molar-refractivity contribution in [2.75, 3.05) is 0 Å². The molecule has 0 bridgehead atoms. The average molecular weight is 229 g/mol. The first-order chi connectivity index (χ1) is 7.84. The summed E-state index contributed by atoms with van der Waals surface area (Å²) < 4.78 is 0. The molecular weight excluding hydrogens is 218 g/mol. The van der Waals surface area contributed by atoms with E-state index in [0.29, 0.717) is 0 Å². The fraction of sp³-hybridized carbons (Fsp3) is 0.231. The highest BCUT2D eigenvalue weighted by Crippen LogP contribution is 2.28. The minimum Gasteiger partial charge on any atom is -0.294 e. The summed E-state index contributed by atoms with van der Waals surface area (Å²) >= 11 is 1.59. The summed E-state index contributed by atoms with van der Waals surface area (Å²) in [6.45, 7) is 0. The molecule has 0 fully saturated rings. The number of hydrogen-bond donors (Lipinski definition) is 0. The van der Waals surface area contributed by atoms with Crippen molar-refractivity contribution in [1.29, 1.82) is 0 Å².